The smallest absolute Gasteiger partial charge is 0.220 e. The van der Waals surface area contributed by atoms with Gasteiger partial charge < -0.3 is 10.6 Å². The van der Waals surface area contributed by atoms with Gasteiger partial charge in [-0.1, -0.05) is 36.0 Å². The highest BCUT2D eigenvalue weighted by Gasteiger charge is 2.03. The van der Waals surface area contributed by atoms with Crippen molar-refractivity contribution in [2.45, 2.75) is 31.9 Å². The molecule has 1 amide bonds. The van der Waals surface area contributed by atoms with Crippen molar-refractivity contribution in [2.24, 2.45) is 0 Å². The van der Waals surface area contributed by atoms with Crippen LogP contribution in [0.2, 0.25) is 0 Å². The first-order valence-corrected chi connectivity index (χ1v) is 26.6. The standard InChI is InChI=1S/C74H2.C16H24N2O2S/c1-3-5-7-9-11-13-15-17-19-21-23-25-27-29-31-33-35-37-39-41-43-45-47-49-51-53-55-57-59-61-63-65-67-69-71-73-74-72-70-68-66-64-62-60-58-56-54-52-50-48-46-44-42-40-38-36-34-32-30-28-26-24-22-20-18-16-14-12-10-8-6-4-2;1-13(19)21-12-15-6-4-14(5-7-15)8-9-16(20)18-11-3-10-17-2/h1-2H;4-7,17H,3,8-12H2,1-2H3,(H,18,20). The third kappa shape index (κ3) is 67.1. The Labute approximate surface area is 566 Å². The maximum atomic E-state index is 11.7. The molecule has 0 spiro atoms. The van der Waals surface area contributed by atoms with Crippen molar-refractivity contribution in [3.63, 3.8) is 0 Å². The summed E-state index contributed by atoms with van der Waals surface area (Å²) >= 11 is 1.31. The fourth-order valence-electron chi connectivity index (χ4n) is 4.02. The molecule has 0 heterocycles. The first-order chi connectivity index (χ1) is 47.0. The van der Waals surface area contributed by atoms with Crippen LogP contribution in [-0.2, 0) is 21.8 Å². The first kappa shape index (κ1) is 77.4. The second-order valence-electron chi connectivity index (χ2n) is 13.9. The van der Waals surface area contributed by atoms with Crippen molar-refractivity contribution in [3.05, 3.63) is 35.4 Å². The van der Waals surface area contributed by atoms with E-state index in [1.54, 1.807) is 6.92 Å². The monoisotopic (exact) mass is 1200 g/mol. The number of nitrogens with one attached hydrogen (secondary N) is 2. The molecule has 0 unspecified atom stereocenters. The first-order valence-electron chi connectivity index (χ1n) is 25.6. The van der Waals surface area contributed by atoms with Crippen molar-refractivity contribution >= 4 is 22.8 Å². The number of hydrogen-bond donors (Lipinski definition) is 2. The van der Waals surface area contributed by atoms with E-state index in [2.05, 4.69) is 437 Å². The van der Waals surface area contributed by atoms with Crippen molar-refractivity contribution in [1.29, 1.82) is 0 Å². The summed E-state index contributed by atoms with van der Waals surface area (Å²) < 4.78 is 0. The van der Waals surface area contributed by atoms with Crippen LogP contribution in [0.25, 0.3) is 0 Å². The predicted molar refractivity (Wildman–Crippen MR) is 378 cm³/mol. The zero-order valence-corrected chi connectivity index (χ0v) is 50.7. The topological polar surface area (TPSA) is 58.2 Å². The molecule has 1 rings (SSSR count). The van der Waals surface area contributed by atoms with Gasteiger partial charge in [0.15, 0.2) is 5.12 Å². The lowest BCUT2D eigenvalue weighted by atomic mass is 10.1. The molecule has 0 aliphatic heterocycles. The number of benzene rings is 1. The second-order valence-corrected chi connectivity index (χ2v) is 15.1. The minimum Gasteiger partial charge on any atom is -0.356 e. The molecule has 95 heavy (non-hydrogen) atoms. The molecule has 0 aliphatic carbocycles. The minimum atomic E-state index is 0.0994. The average Bonchev–Trinajstić information content (AvgIpc) is 1.50. The average molecular weight is 1200 g/mol. The van der Waals surface area contributed by atoms with Crippen LogP contribution in [0.3, 0.4) is 0 Å². The molecule has 0 bridgehead atoms. The van der Waals surface area contributed by atoms with Gasteiger partial charge in [-0.25, -0.2) is 0 Å². The maximum Gasteiger partial charge on any atom is 0.220 e. The molecule has 414 valence electrons. The Hall–Kier alpha value is -17.6. The Balaban J connectivity index is 0.00000353. The third-order valence-electron chi connectivity index (χ3n) is 7.49. The molecule has 4 nitrogen and oxygen atoms in total. The summed E-state index contributed by atoms with van der Waals surface area (Å²) in [6, 6.07) is 8.11. The minimum absolute atomic E-state index is 0.0994. The Morgan fingerprint density at radius 3 is 0.642 bits per heavy atom. The van der Waals surface area contributed by atoms with Gasteiger partial charge in [0, 0.05) is 357 Å². The van der Waals surface area contributed by atoms with Gasteiger partial charge in [-0.15, -0.1) is 12.8 Å². The van der Waals surface area contributed by atoms with E-state index in [1.165, 1.54) is 11.8 Å². The van der Waals surface area contributed by atoms with E-state index < -0.39 is 0 Å². The molecule has 0 aromatic heterocycles. The summed E-state index contributed by atoms with van der Waals surface area (Å²) in [5, 5.41) is 6.09. The molecule has 2 N–H and O–H groups in total. The van der Waals surface area contributed by atoms with Crippen LogP contribution in [0, 0.1) is 439 Å². The van der Waals surface area contributed by atoms with Crippen LogP contribution in [-0.4, -0.2) is 31.2 Å². The molecule has 0 saturated carbocycles. The zero-order valence-electron chi connectivity index (χ0n) is 49.9. The van der Waals surface area contributed by atoms with Gasteiger partial charge in [-0.3, -0.25) is 9.59 Å². The van der Waals surface area contributed by atoms with Crippen molar-refractivity contribution in [1.82, 2.24) is 10.6 Å². The number of amides is 1. The number of aryl methyl sites for hydroxylation is 1. The van der Waals surface area contributed by atoms with E-state index in [0.29, 0.717) is 12.2 Å². The lowest BCUT2D eigenvalue weighted by Crippen LogP contribution is -2.26. The molecule has 1 aromatic rings. The van der Waals surface area contributed by atoms with Crippen molar-refractivity contribution < 1.29 is 9.59 Å². The quantitative estimate of drug-likeness (QED) is 0.296. The fourth-order valence-corrected chi connectivity index (χ4v) is 4.59. The number of rotatable bonds is 9. The van der Waals surface area contributed by atoms with Gasteiger partial charge in [0.25, 0.3) is 0 Å². The normalized spacial score (nSPS) is 5.35. The van der Waals surface area contributed by atoms with Crippen molar-refractivity contribution in [2.75, 3.05) is 20.1 Å². The van der Waals surface area contributed by atoms with Gasteiger partial charge in [-0.05, 0) is 132 Å². The fraction of sp³-hybridized carbons (Fsp3) is 0.0889. The largest absolute Gasteiger partial charge is 0.356 e. The van der Waals surface area contributed by atoms with E-state index in [4.69, 9.17) is 12.8 Å². The molecule has 0 saturated heterocycles. The van der Waals surface area contributed by atoms with Crippen molar-refractivity contribution in [3.8, 4) is 439 Å². The highest BCUT2D eigenvalue weighted by atomic mass is 32.2. The number of hydrogen-bond acceptors (Lipinski definition) is 4. The van der Waals surface area contributed by atoms with E-state index in [1.807, 2.05) is 31.3 Å². The summed E-state index contributed by atoms with van der Waals surface area (Å²) in [6.07, 6.45) is 12.1. The van der Waals surface area contributed by atoms with Gasteiger partial charge in [0.05, 0.1) is 0 Å². The highest BCUT2D eigenvalue weighted by molar-refractivity contribution is 8.12. The summed E-state index contributed by atoms with van der Waals surface area (Å²) in [6.45, 7) is 3.22. The van der Waals surface area contributed by atoms with Crippen LogP contribution < -0.4 is 10.6 Å². The lowest BCUT2D eigenvalue weighted by molar-refractivity contribution is -0.121. The Bertz CT molecular complexity index is 5460. The second kappa shape index (κ2) is 68.9. The molecule has 0 atom stereocenters. The molecular formula is C90H26N2O2S. The van der Waals surface area contributed by atoms with Gasteiger partial charge in [0.2, 0.25) is 5.91 Å². The summed E-state index contributed by atoms with van der Waals surface area (Å²) in [5.41, 5.74) is 2.28. The lowest BCUT2D eigenvalue weighted by Gasteiger charge is -2.06. The van der Waals surface area contributed by atoms with E-state index >= 15 is 0 Å². The van der Waals surface area contributed by atoms with E-state index in [0.717, 1.165) is 37.1 Å². The SMILES string of the molecule is C#CC#CC#CC#CC#CC#CC#CC#CC#CC#CC#CC#CC#CC#CC#CC#CC#CC#CC#CC#CC#CC#CC#CC#CC#CC#CC#CC#CC#CC#CC#CC#CC#CC#CC#CC#CC#C.CNCCCNC(=O)CCc1ccc(CSC(C)=O)cc1. The number of carbonyl (C=O) groups is 2. The van der Waals surface area contributed by atoms with Crippen LogP contribution in [0.1, 0.15) is 30.9 Å². The summed E-state index contributed by atoms with van der Waals surface area (Å²) in [7, 11) is 1.90. The predicted octanol–water partition coefficient (Wildman–Crippen LogP) is 2.50. The third-order valence-corrected chi connectivity index (χ3v) is 8.37. The molecule has 1 aromatic carbocycles. The molecular weight excluding hydrogens is 1170 g/mol. The summed E-state index contributed by atoms with van der Waals surface area (Å²) in [4.78, 5) is 22.6. The van der Waals surface area contributed by atoms with Gasteiger partial charge in [0.1, 0.15) is 0 Å². The highest BCUT2D eigenvalue weighted by Crippen LogP contribution is 2.14. The molecule has 0 fully saturated rings. The van der Waals surface area contributed by atoms with E-state index in [9.17, 15) is 9.59 Å². The molecule has 0 radical (unpaired) electrons. The van der Waals surface area contributed by atoms with Gasteiger partial charge in [-0.2, -0.15) is 0 Å². The Kier molecular flexibility index (Phi) is 56.1. The Morgan fingerprint density at radius 1 is 0.295 bits per heavy atom. The summed E-state index contributed by atoms with van der Waals surface area (Å²) in [5.74, 6) is 179. The van der Waals surface area contributed by atoms with Crippen LogP contribution in [0.15, 0.2) is 24.3 Å². The number of thioether (sulfide) groups is 1. The number of terminal acetylenes is 2. The Morgan fingerprint density at radius 2 is 0.474 bits per heavy atom. The molecule has 0 aliphatic rings. The maximum absolute atomic E-state index is 11.7. The zero-order chi connectivity index (χ0) is 68.4. The van der Waals surface area contributed by atoms with Gasteiger partial charge >= 0.3 is 0 Å². The number of carbonyl (C=O) groups excluding carboxylic acids is 2. The van der Waals surface area contributed by atoms with Crippen LogP contribution >= 0.6 is 11.8 Å². The van der Waals surface area contributed by atoms with Crippen LogP contribution in [0.5, 0.6) is 0 Å². The van der Waals surface area contributed by atoms with E-state index in [-0.39, 0.29) is 11.0 Å². The van der Waals surface area contributed by atoms with Crippen LogP contribution in [0.4, 0.5) is 0 Å². The molecule has 5 heteroatoms.